The summed E-state index contributed by atoms with van der Waals surface area (Å²) in [6, 6.07) is 0. The predicted molar refractivity (Wildman–Crippen MR) is 46.5 cm³/mol. The normalized spacial score (nSPS) is 26.3. The van der Waals surface area contributed by atoms with Crippen molar-refractivity contribution in [3.8, 4) is 0 Å². The molecule has 0 aromatic rings. The number of hydrogen-bond acceptors (Lipinski definition) is 2. The summed E-state index contributed by atoms with van der Waals surface area (Å²) in [6.45, 7) is 0. The monoisotopic (exact) mass is 160 g/mol. The first-order chi connectivity index (χ1) is 5.77. The lowest BCUT2D eigenvalue weighted by atomic mass is 9.93. The van der Waals surface area contributed by atoms with E-state index in [-0.39, 0.29) is 11.8 Å². The van der Waals surface area contributed by atoms with E-state index in [2.05, 4.69) is 4.99 Å². The van der Waals surface area contributed by atoms with E-state index in [1.165, 1.54) is 6.08 Å². The minimum absolute atomic E-state index is 0.00713. The van der Waals surface area contributed by atoms with Crippen LogP contribution in [-0.4, -0.2) is 11.6 Å². The van der Waals surface area contributed by atoms with Gasteiger partial charge in [-0.25, -0.2) is 4.99 Å². The van der Waals surface area contributed by atoms with E-state index in [0.717, 1.165) is 5.71 Å². The molecule has 1 aliphatic heterocycles. The standard InChI is InChI=1S/C9H8N2O/c10-7-5-9(12)11-8-4-2-1-3-6(7)8/h1-6H,10H2. The van der Waals surface area contributed by atoms with Gasteiger partial charge in [0.15, 0.2) is 0 Å². The topological polar surface area (TPSA) is 55.5 Å². The van der Waals surface area contributed by atoms with Gasteiger partial charge in [-0.2, -0.15) is 0 Å². The molecular formula is C9H8N2O. The maximum Gasteiger partial charge on any atom is 0.271 e. The Balaban J connectivity index is 2.44. The summed E-state index contributed by atoms with van der Waals surface area (Å²) in [6.07, 6.45) is 8.86. The van der Waals surface area contributed by atoms with Gasteiger partial charge in [0.05, 0.1) is 11.6 Å². The van der Waals surface area contributed by atoms with Gasteiger partial charge in [-0.3, -0.25) is 4.79 Å². The number of nitrogens with two attached hydrogens (primary N) is 1. The maximum atomic E-state index is 10.9. The molecule has 3 nitrogen and oxygen atoms in total. The van der Waals surface area contributed by atoms with Gasteiger partial charge in [0.25, 0.3) is 5.91 Å². The number of dihydropyridines is 1. The van der Waals surface area contributed by atoms with E-state index >= 15 is 0 Å². The van der Waals surface area contributed by atoms with Gasteiger partial charge >= 0.3 is 0 Å². The Bertz CT molecular complexity index is 348. The van der Waals surface area contributed by atoms with Crippen molar-refractivity contribution >= 4 is 11.6 Å². The molecule has 0 spiro atoms. The number of carbonyl (C=O) groups excluding carboxylic acids is 1. The predicted octanol–water partition coefficient (Wildman–Crippen LogP) is 0.552. The molecule has 1 heterocycles. The fourth-order valence-electron chi connectivity index (χ4n) is 1.31. The minimum atomic E-state index is -0.265. The number of hydrogen-bond donors (Lipinski definition) is 1. The van der Waals surface area contributed by atoms with Crippen LogP contribution in [-0.2, 0) is 4.79 Å². The molecule has 0 radical (unpaired) electrons. The Hall–Kier alpha value is -1.64. The summed E-state index contributed by atoms with van der Waals surface area (Å²) in [5.74, 6) is -0.258. The van der Waals surface area contributed by atoms with Crippen molar-refractivity contribution < 1.29 is 4.79 Å². The van der Waals surface area contributed by atoms with E-state index in [1.807, 2.05) is 24.3 Å². The molecule has 0 aromatic carbocycles. The molecule has 1 atom stereocenters. The van der Waals surface area contributed by atoms with Gasteiger partial charge in [0.1, 0.15) is 0 Å². The van der Waals surface area contributed by atoms with Crippen LogP contribution < -0.4 is 5.73 Å². The quantitative estimate of drug-likeness (QED) is 0.562. The van der Waals surface area contributed by atoms with Gasteiger partial charge in [-0.05, 0) is 6.08 Å². The van der Waals surface area contributed by atoms with Crippen LogP contribution in [0.3, 0.4) is 0 Å². The van der Waals surface area contributed by atoms with Crippen LogP contribution in [0.25, 0.3) is 0 Å². The number of amides is 1. The van der Waals surface area contributed by atoms with Crippen molar-refractivity contribution in [3.05, 3.63) is 36.1 Å². The number of fused-ring (bicyclic) bond motifs is 1. The van der Waals surface area contributed by atoms with E-state index in [0.29, 0.717) is 5.70 Å². The third-order valence-corrected chi connectivity index (χ3v) is 1.89. The minimum Gasteiger partial charge on any atom is -0.401 e. The lowest BCUT2D eigenvalue weighted by Gasteiger charge is -2.18. The van der Waals surface area contributed by atoms with Crippen LogP contribution in [0.1, 0.15) is 0 Å². The van der Waals surface area contributed by atoms with E-state index < -0.39 is 0 Å². The summed E-state index contributed by atoms with van der Waals surface area (Å²) >= 11 is 0. The summed E-state index contributed by atoms with van der Waals surface area (Å²) in [5.41, 5.74) is 6.97. The maximum absolute atomic E-state index is 10.9. The van der Waals surface area contributed by atoms with Gasteiger partial charge in [-0.1, -0.05) is 18.2 Å². The lowest BCUT2D eigenvalue weighted by molar-refractivity contribution is -0.113. The lowest BCUT2D eigenvalue weighted by Crippen LogP contribution is -2.25. The second-order valence-corrected chi connectivity index (χ2v) is 2.74. The smallest absolute Gasteiger partial charge is 0.271 e. The van der Waals surface area contributed by atoms with Crippen molar-refractivity contribution in [3.63, 3.8) is 0 Å². The second kappa shape index (κ2) is 2.44. The van der Waals surface area contributed by atoms with E-state index in [4.69, 9.17) is 5.73 Å². The van der Waals surface area contributed by atoms with Crippen LogP contribution in [0.5, 0.6) is 0 Å². The molecule has 0 bridgehead atoms. The molecule has 0 aromatic heterocycles. The molecule has 0 fully saturated rings. The Morgan fingerprint density at radius 3 is 3.08 bits per heavy atom. The molecule has 0 saturated carbocycles. The summed E-state index contributed by atoms with van der Waals surface area (Å²) in [5, 5.41) is 0. The molecule has 0 saturated heterocycles. The molecule has 2 N–H and O–H groups in total. The number of aliphatic imine (C=N–C) groups is 1. The third-order valence-electron chi connectivity index (χ3n) is 1.89. The van der Waals surface area contributed by atoms with E-state index in [9.17, 15) is 4.79 Å². The zero-order valence-corrected chi connectivity index (χ0v) is 6.40. The molecule has 2 rings (SSSR count). The van der Waals surface area contributed by atoms with Crippen LogP contribution in [0.4, 0.5) is 0 Å². The third kappa shape index (κ3) is 0.993. The number of carbonyl (C=O) groups is 1. The fraction of sp³-hybridized carbons (Fsp3) is 0.111. The molecule has 1 unspecified atom stereocenters. The Labute approximate surface area is 70.0 Å². The van der Waals surface area contributed by atoms with Crippen molar-refractivity contribution in [2.75, 3.05) is 0 Å². The molecule has 3 heteroatoms. The SMILES string of the molecule is NC1=CC(=O)N=C2C=CC=CC12. The Morgan fingerprint density at radius 1 is 1.42 bits per heavy atom. The highest BCUT2D eigenvalue weighted by molar-refractivity contribution is 6.11. The first kappa shape index (κ1) is 7.03. The van der Waals surface area contributed by atoms with Crippen LogP contribution in [0, 0.1) is 5.92 Å². The summed E-state index contributed by atoms with van der Waals surface area (Å²) < 4.78 is 0. The van der Waals surface area contributed by atoms with Crippen molar-refractivity contribution in [2.24, 2.45) is 16.6 Å². The highest BCUT2D eigenvalue weighted by atomic mass is 16.1. The molecule has 60 valence electrons. The molecule has 1 aliphatic carbocycles. The largest absolute Gasteiger partial charge is 0.401 e. The van der Waals surface area contributed by atoms with Gasteiger partial charge in [-0.15, -0.1) is 0 Å². The summed E-state index contributed by atoms with van der Waals surface area (Å²) in [7, 11) is 0. The van der Waals surface area contributed by atoms with Crippen LogP contribution >= 0.6 is 0 Å². The van der Waals surface area contributed by atoms with Crippen LogP contribution in [0.15, 0.2) is 41.1 Å². The first-order valence-corrected chi connectivity index (χ1v) is 3.72. The fourth-order valence-corrected chi connectivity index (χ4v) is 1.31. The highest BCUT2D eigenvalue weighted by Crippen LogP contribution is 2.18. The average Bonchev–Trinajstić information content (AvgIpc) is 2.04. The summed E-state index contributed by atoms with van der Waals surface area (Å²) in [4.78, 5) is 14.8. The Morgan fingerprint density at radius 2 is 2.25 bits per heavy atom. The zero-order chi connectivity index (χ0) is 8.55. The van der Waals surface area contributed by atoms with E-state index in [1.54, 1.807) is 0 Å². The number of rotatable bonds is 0. The van der Waals surface area contributed by atoms with Crippen molar-refractivity contribution in [2.45, 2.75) is 0 Å². The second-order valence-electron chi connectivity index (χ2n) is 2.74. The molecule has 12 heavy (non-hydrogen) atoms. The van der Waals surface area contributed by atoms with Gasteiger partial charge < -0.3 is 5.73 Å². The number of nitrogens with zero attached hydrogens (tertiary/aromatic N) is 1. The zero-order valence-electron chi connectivity index (χ0n) is 6.40. The van der Waals surface area contributed by atoms with Gasteiger partial charge in [0.2, 0.25) is 0 Å². The van der Waals surface area contributed by atoms with Crippen molar-refractivity contribution in [1.29, 1.82) is 0 Å². The van der Waals surface area contributed by atoms with Crippen LogP contribution in [0.2, 0.25) is 0 Å². The molecule has 2 aliphatic rings. The molecule has 1 amide bonds. The highest BCUT2D eigenvalue weighted by Gasteiger charge is 2.21. The number of allylic oxidation sites excluding steroid dienone is 4. The van der Waals surface area contributed by atoms with Gasteiger partial charge in [0, 0.05) is 11.8 Å². The van der Waals surface area contributed by atoms with Crippen molar-refractivity contribution in [1.82, 2.24) is 0 Å². The average molecular weight is 160 g/mol. The Kier molecular flexibility index (Phi) is 1.43. The first-order valence-electron chi connectivity index (χ1n) is 3.72. The molecular weight excluding hydrogens is 152 g/mol.